The van der Waals surface area contributed by atoms with Crippen molar-refractivity contribution >= 4 is 23.2 Å². The normalized spacial score (nSPS) is 10.4. The number of alkyl halides is 2. The molecule has 0 heterocycles. The molecule has 0 spiro atoms. The van der Waals surface area contributed by atoms with Crippen molar-refractivity contribution in [3.05, 3.63) is 59.1 Å². The van der Waals surface area contributed by atoms with Crippen LogP contribution in [0.4, 0.5) is 14.5 Å². The molecule has 0 aliphatic rings. The lowest BCUT2D eigenvalue weighted by atomic mass is 10.2. The van der Waals surface area contributed by atoms with E-state index in [9.17, 15) is 13.6 Å². The van der Waals surface area contributed by atoms with E-state index in [-0.39, 0.29) is 11.7 Å². The van der Waals surface area contributed by atoms with E-state index in [4.69, 9.17) is 11.6 Å². The van der Waals surface area contributed by atoms with E-state index in [1.54, 1.807) is 24.3 Å². The van der Waals surface area contributed by atoms with Crippen molar-refractivity contribution in [3.63, 3.8) is 0 Å². The minimum absolute atomic E-state index is 0.0238. The number of carbonyl (C=O) groups is 1. The van der Waals surface area contributed by atoms with Crippen LogP contribution in [0.2, 0.25) is 5.02 Å². The molecule has 0 unspecified atom stereocenters. The Balaban J connectivity index is 2.07. The molecule has 104 valence electrons. The average molecular weight is 298 g/mol. The molecule has 0 saturated heterocycles. The largest absolute Gasteiger partial charge is 0.435 e. The second-order valence-corrected chi connectivity index (χ2v) is 4.24. The zero-order valence-corrected chi connectivity index (χ0v) is 10.9. The fraction of sp³-hybridized carbons (Fsp3) is 0.0714. The first kappa shape index (κ1) is 14.3. The lowest BCUT2D eigenvalue weighted by molar-refractivity contribution is -0.0498. The van der Waals surface area contributed by atoms with Gasteiger partial charge in [-0.3, -0.25) is 4.79 Å². The van der Waals surface area contributed by atoms with Gasteiger partial charge in [0, 0.05) is 5.69 Å². The fourth-order valence-electron chi connectivity index (χ4n) is 1.56. The second kappa shape index (κ2) is 6.34. The zero-order chi connectivity index (χ0) is 14.5. The Kier molecular flexibility index (Phi) is 4.53. The van der Waals surface area contributed by atoms with Crippen LogP contribution < -0.4 is 10.1 Å². The predicted molar refractivity (Wildman–Crippen MR) is 72.5 cm³/mol. The van der Waals surface area contributed by atoms with Crippen molar-refractivity contribution in [1.82, 2.24) is 0 Å². The van der Waals surface area contributed by atoms with Crippen molar-refractivity contribution in [2.24, 2.45) is 0 Å². The molecule has 0 atom stereocenters. The number of amides is 1. The Labute approximate surface area is 119 Å². The third-order valence-corrected chi connectivity index (χ3v) is 2.79. The fourth-order valence-corrected chi connectivity index (χ4v) is 1.79. The summed E-state index contributed by atoms with van der Waals surface area (Å²) in [7, 11) is 0. The topological polar surface area (TPSA) is 38.3 Å². The number of rotatable bonds is 4. The highest BCUT2D eigenvalue weighted by atomic mass is 35.5. The summed E-state index contributed by atoms with van der Waals surface area (Å²) in [5, 5.41) is 2.95. The van der Waals surface area contributed by atoms with Gasteiger partial charge in [0.25, 0.3) is 5.91 Å². The Morgan fingerprint density at radius 2 is 1.75 bits per heavy atom. The lowest BCUT2D eigenvalue weighted by Crippen LogP contribution is -2.12. The summed E-state index contributed by atoms with van der Waals surface area (Å²) in [5.74, 6) is -0.353. The molecule has 2 aromatic rings. The van der Waals surface area contributed by atoms with Gasteiger partial charge in [0.1, 0.15) is 5.75 Å². The van der Waals surface area contributed by atoms with Crippen LogP contribution in [0.25, 0.3) is 0 Å². The molecule has 6 heteroatoms. The van der Waals surface area contributed by atoms with Gasteiger partial charge in [0.2, 0.25) is 0 Å². The molecule has 0 fully saturated rings. The maximum atomic E-state index is 12.0. The quantitative estimate of drug-likeness (QED) is 0.919. The van der Waals surface area contributed by atoms with Gasteiger partial charge in [-0.1, -0.05) is 23.7 Å². The summed E-state index contributed by atoms with van der Waals surface area (Å²) in [4.78, 5) is 12.0. The average Bonchev–Trinajstić information content (AvgIpc) is 2.41. The molecule has 20 heavy (non-hydrogen) atoms. The van der Waals surface area contributed by atoms with E-state index in [2.05, 4.69) is 10.1 Å². The predicted octanol–water partition coefficient (Wildman–Crippen LogP) is 4.19. The van der Waals surface area contributed by atoms with Gasteiger partial charge in [-0.25, -0.2) is 0 Å². The molecule has 1 amide bonds. The molecule has 1 N–H and O–H groups in total. The number of hydrogen-bond donors (Lipinski definition) is 1. The van der Waals surface area contributed by atoms with E-state index >= 15 is 0 Å². The van der Waals surface area contributed by atoms with Crippen LogP contribution in [0.5, 0.6) is 5.75 Å². The molecule has 0 bridgehead atoms. The van der Waals surface area contributed by atoms with Crippen LogP contribution in [0.1, 0.15) is 10.4 Å². The third kappa shape index (κ3) is 3.68. The van der Waals surface area contributed by atoms with Crippen molar-refractivity contribution < 1.29 is 18.3 Å². The molecule has 0 saturated carbocycles. The van der Waals surface area contributed by atoms with Gasteiger partial charge in [0.05, 0.1) is 10.6 Å². The Morgan fingerprint density at radius 3 is 2.35 bits per heavy atom. The summed E-state index contributed by atoms with van der Waals surface area (Å²) < 4.78 is 28.2. The minimum atomic E-state index is -2.88. The van der Waals surface area contributed by atoms with Crippen LogP contribution in [0, 0.1) is 0 Å². The van der Waals surface area contributed by atoms with Gasteiger partial charge < -0.3 is 10.1 Å². The van der Waals surface area contributed by atoms with E-state index < -0.39 is 6.61 Å². The number of hydrogen-bond acceptors (Lipinski definition) is 2. The highest BCUT2D eigenvalue weighted by molar-refractivity contribution is 6.34. The van der Waals surface area contributed by atoms with Crippen LogP contribution in [-0.4, -0.2) is 12.5 Å². The van der Waals surface area contributed by atoms with Gasteiger partial charge in [-0.15, -0.1) is 0 Å². The first-order chi connectivity index (χ1) is 9.56. The third-order valence-electron chi connectivity index (χ3n) is 2.46. The SMILES string of the molecule is O=C(Nc1ccc(OC(F)F)cc1)c1ccccc1Cl. The van der Waals surface area contributed by atoms with Crippen LogP contribution in [0.15, 0.2) is 48.5 Å². The number of nitrogens with one attached hydrogen (secondary N) is 1. The molecular formula is C14H10ClF2NO2. The first-order valence-corrected chi connectivity index (χ1v) is 6.05. The molecule has 0 aromatic heterocycles. The highest BCUT2D eigenvalue weighted by Gasteiger charge is 2.10. The second-order valence-electron chi connectivity index (χ2n) is 3.84. The number of ether oxygens (including phenoxy) is 1. The molecular weight excluding hydrogens is 288 g/mol. The molecule has 0 aliphatic heterocycles. The van der Waals surface area contributed by atoms with E-state index in [1.165, 1.54) is 24.3 Å². The van der Waals surface area contributed by atoms with Gasteiger partial charge in [-0.05, 0) is 36.4 Å². The monoisotopic (exact) mass is 297 g/mol. The maximum Gasteiger partial charge on any atom is 0.387 e. The molecule has 2 aromatic carbocycles. The Hall–Kier alpha value is -2.14. The lowest BCUT2D eigenvalue weighted by Gasteiger charge is -2.08. The smallest absolute Gasteiger partial charge is 0.387 e. The van der Waals surface area contributed by atoms with Crippen LogP contribution in [-0.2, 0) is 0 Å². The van der Waals surface area contributed by atoms with Crippen molar-refractivity contribution in [2.75, 3.05) is 5.32 Å². The highest BCUT2D eigenvalue weighted by Crippen LogP contribution is 2.20. The number of halogens is 3. The van der Waals surface area contributed by atoms with Crippen molar-refractivity contribution in [1.29, 1.82) is 0 Å². The Bertz CT molecular complexity index is 602. The van der Waals surface area contributed by atoms with Crippen LogP contribution >= 0.6 is 11.6 Å². The number of carbonyl (C=O) groups excluding carboxylic acids is 1. The van der Waals surface area contributed by atoms with E-state index in [0.29, 0.717) is 16.3 Å². The van der Waals surface area contributed by atoms with Crippen molar-refractivity contribution in [3.8, 4) is 5.75 Å². The molecule has 0 radical (unpaired) electrons. The summed E-state index contributed by atoms with van der Waals surface area (Å²) in [6.07, 6.45) is 0. The standard InChI is InChI=1S/C14H10ClF2NO2/c15-12-4-2-1-3-11(12)13(19)18-9-5-7-10(8-6-9)20-14(16)17/h1-8,14H,(H,18,19). The van der Waals surface area contributed by atoms with Crippen molar-refractivity contribution in [2.45, 2.75) is 6.61 Å². The summed E-state index contributed by atoms with van der Waals surface area (Å²) in [6.45, 7) is -2.88. The summed E-state index contributed by atoms with van der Waals surface area (Å²) in [5.41, 5.74) is 0.790. The molecule has 3 nitrogen and oxygen atoms in total. The minimum Gasteiger partial charge on any atom is -0.435 e. The van der Waals surface area contributed by atoms with E-state index in [0.717, 1.165) is 0 Å². The van der Waals surface area contributed by atoms with E-state index in [1.807, 2.05) is 0 Å². The van der Waals surface area contributed by atoms with Gasteiger partial charge in [-0.2, -0.15) is 8.78 Å². The Morgan fingerprint density at radius 1 is 1.10 bits per heavy atom. The maximum absolute atomic E-state index is 12.0. The van der Waals surface area contributed by atoms with Gasteiger partial charge >= 0.3 is 6.61 Å². The first-order valence-electron chi connectivity index (χ1n) is 5.67. The number of anilines is 1. The summed E-state index contributed by atoms with van der Waals surface area (Å²) in [6, 6.07) is 12.2. The zero-order valence-electron chi connectivity index (χ0n) is 10.1. The van der Waals surface area contributed by atoms with Crippen LogP contribution in [0.3, 0.4) is 0 Å². The number of benzene rings is 2. The molecule has 2 rings (SSSR count). The summed E-state index contributed by atoms with van der Waals surface area (Å²) >= 11 is 5.90. The molecule has 0 aliphatic carbocycles. The van der Waals surface area contributed by atoms with Gasteiger partial charge in [0.15, 0.2) is 0 Å².